The van der Waals surface area contributed by atoms with Crippen molar-refractivity contribution in [1.82, 2.24) is 4.90 Å². The molecule has 0 atom stereocenters. The number of piperidine rings is 1. The van der Waals surface area contributed by atoms with E-state index in [2.05, 4.69) is 41.5 Å². The molecular weight excluding hydrogens is 512 g/mol. The average Bonchev–Trinajstić information content (AvgIpc) is 3.02. The lowest BCUT2D eigenvalue weighted by atomic mass is 10.0. The first-order valence-corrected chi connectivity index (χ1v) is 13.9. The van der Waals surface area contributed by atoms with Gasteiger partial charge < -0.3 is 24.4 Å². The Bertz CT molecular complexity index is 1490. The SMILES string of the molecule is COc1cccc(-c2cc(C(=O)Nc3ccc(/C=C/c4ccc(OC5CCN(C)CC5)cc4)cc3)ccc2OC)c1. The topological polar surface area (TPSA) is 60.0 Å². The molecule has 0 radical (unpaired) electrons. The van der Waals surface area contributed by atoms with Gasteiger partial charge in [-0.25, -0.2) is 0 Å². The predicted molar refractivity (Wildman–Crippen MR) is 166 cm³/mol. The Morgan fingerprint density at radius 2 is 1.49 bits per heavy atom. The molecule has 1 saturated heterocycles. The Kier molecular flexibility index (Phi) is 9.02. The van der Waals surface area contributed by atoms with Crippen LogP contribution in [0, 0.1) is 0 Å². The number of likely N-dealkylation sites (tertiary alicyclic amines) is 1. The van der Waals surface area contributed by atoms with Crippen LogP contribution in [-0.2, 0) is 0 Å². The Labute approximate surface area is 242 Å². The van der Waals surface area contributed by atoms with Crippen molar-refractivity contribution in [3.63, 3.8) is 0 Å². The molecule has 0 aliphatic carbocycles. The fourth-order valence-corrected chi connectivity index (χ4v) is 4.89. The van der Waals surface area contributed by atoms with Gasteiger partial charge in [0.15, 0.2) is 0 Å². The van der Waals surface area contributed by atoms with Crippen molar-refractivity contribution < 1.29 is 19.0 Å². The molecule has 0 spiro atoms. The summed E-state index contributed by atoms with van der Waals surface area (Å²) in [6.45, 7) is 2.17. The van der Waals surface area contributed by atoms with Crippen molar-refractivity contribution in [2.75, 3.05) is 39.7 Å². The van der Waals surface area contributed by atoms with Gasteiger partial charge in [0.1, 0.15) is 23.4 Å². The van der Waals surface area contributed by atoms with Crippen LogP contribution in [0.5, 0.6) is 17.2 Å². The maximum absolute atomic E-state index is 13.1. The van der Waals surface area contributed by atoms with E-state index in [0.717, 1.165) is 65.4 Å². The highest BCUT2D eigenvalue weighted by atomic mass is 16.5. The van der Waals surface area contributed by atoms with Gasteiger partial charge in [-0.3, -0.25) is 4.79 Å². The van der Waals surface area contributed by atoms with Crippen molar-refractivity contribution in [2.24, 2.45) is 0 Å². The Balaban J connectivity index is 1.20. The van der Waals surface area contributed by atoms with Crippen LogP contribution in [0.15, 0.2) is 91.0 Å². The lowest BCUT2D eigenvalue weighted by molar-refractivity contribution is 0.102. The average molecular weight is 549 g/mol. The summed E-state index contributed by atoms with van der Waals surface area (Å²) in [7, 11) is 5.41. The van der Waals surface area contributed by atoms with E-state index in [0.29, 0.717) is 17.4 Å². The van der Waals surface area contributed by atoms with Gasteiger partial charge in [-0.1, -0.05) is 48.6 Å². The van der Waals surface area contributed by atoms with Gasteiger partial charge in [0, 0.05) is 29.9 Å². The molecule has 0 bridgehead atoms. The molecule has 0 unspecified atom stereocenters. The lowest BCUT2D eigenvalue weighted by Crippen LogP contribution is -2.35. The number of carbonyl (C=O) groups is 1. The van der Waals surface area contributed by atoms with Crippen LogP contribution in [0.4, 0.5) is 5.69 Å². The molecule has 0 saturated carbocycles. The van der Waals surface area contributed by atoms with Gasteiger partial charge >= 0.3 is 0 Å². The summed E-state index contributed by atoms with van der Waals surface area (Å²) >= 11 is 0. The molecule has 1 heterocycles. The third-order valence-corrected chi connectivity index (χ3v) is 7.33. The highest BCUT2D eigenvalue weighted by Crippen LogP contribution is 2.33. The molecule has 210 valence electrons. The van der Waals surface area contributed by atoms with Crippen LogP contribution in [-0.4, -0.2) is 51.3 Å². The number of methoxy groups -OCH3 is 2. The zero-order valence-electron chi connectivity index (χ0n) is 23.8. The largest absolute Gasteiger partial charge is 0.497 e. The number of hydrogen-bond donors (Lipinski definition) is 1. The summed E-state index contributed by atoms with van der Waals surface area (Å²) < 4.78 is 17.1. The summed E-state index contributed by atoms with van der Waals surface area (Å²) in [6, 6.07) is 29.1. The second-order valence-electron chi connectivity index (χ2n) is 10.2. The maximum atomic E-state index is 13.1. The van der Waals surface area contributed by atoms with Crippen LogP contribution in [0.2, 0.25) is 0 Å². The molecule has 4 aromatic carbocycles. The van der Waals surface area contributed by atoms with E-state index in [-0.39, 0.29) is 5.91 Å². The molecule has 1 aliphatic rings. The number of nitrogens with one attached hydrogen (secondary N) is 1. The number of hydrogen-bond acceptors (Lipinski definition) is 5. The van der Waals surface area contributed by atoms with E-state index >= 15 is 0 Å². The molecule has 41 heavy (non-hydrogen) atoms. The van der Waals surface area contributed by atoms with E-state index in [1.165, 1.54) is 0 Å². The Hall–Kier alpha value is -4.55. The molecule has 1 amide bonds. The predicted octanol–water partition coefficient (Wildman–Crippen LogP) is 7.27. The summed E-state index contributed by atoms with van der Waals surface area (Å²) in [4.78, 5) is 15.4. The summed E-state index contributed by atoms with van der Waals surface area (Å²) in [6.07, 6.45) is 6.57. The van der Waals surface area contributed by atoms with Gasteiger partial charge in [-0.2, -0.15) is 0 Å². The van der Waals surface area contributed by atoms with Crippen molar-refractivity contribution >= 4 is 23.7 Å². The zero-order chi connectivity index (χ0) is 28.6. The number of nitrogens with zero attached hydrogens (tertiary/aromatic N) is 1. The highest BCUT2D eigenvalue weighted by molar-refractivity contribution is 6.05. The third kappa shape index (κ3) is 7.35. The Morgan fingerprint density at radius 3 is 2.15 bits per heavy atom. The van der Waals surface area contributed by atoms with Crippen LogP contribution < -0.4 is 19.5 Å². The highest BCUT2D eigenvalue weighted by Gasteiger charge is 2.18. The molecule has 4 aromatic rings. The van der Waals surface area contributed by atoms with E-state index in [9.17, 15) is 4.79 Å². The molecule has 1 aliphatic heterocycles. The summed E-state index contributed by atoms with van der Waals surface area (Å²) in [5.41, 5.74) is 5.13. The first kappa shape index (κ1) is 28.0. The van der Waals surface area contributed by atoms with Crippen molar-refractivity contribution in [3.05, 3.63) is 108 Å². The molecule has 6 nitrogen and oxygen atoms in total. The van der Waals surface area contributed by atoms with Crippen LogP contribution >= 0.6 is 0 Å². The standard InChI is InChI=1S/C35H36N2O4/c1-37-21-19-31(20-22-37)41-30-16-11-26(12-17-30)8-7-25-9-14-29(15-10-25)36-35(38)28-13-18-34(40-3)33(24-28)27-5-4-6-32(23-27)39-2/h4-18,23-24,31H,19-22H2,1-3H3,(H,36,38)/b8-7+. The minimum absolute atomic E-state index is 0.192. The third-order valence-electron chi connectivity index (χ3n) is 7.33. The van der Waals surface area contributed by atoms with E-state index in [4.69, 9.17) is 14.2 Å². The second-order valence-corrected chi connectivity index (χ2v) is 10.2. The van der Waals surface area contributed by atoms with E-state index < -0.39 is 0 Å². The molecule has 6 heteroatoms. The molecule has 1 fully saturated rings. The van der Waals surface area contributed by atoms with Crippen LogP contribution in [0.3, 0.4) is 0 Å². The molecular formula is C35H36N2O4. The number of carbonyl (C=O) groups excluding carboxylic acids is 1. The van der Waals surface area contributed by atoms with Gasteiger partial charge in [-0.15, -0.1) is 0 Å². The zero-order valence-corrected chi connectivity index (χ0v) is 23.8. The van der Waals surface area contributed by atoms with Gasteiger partial charge in [-0.05, 0) is 91.2 Å². The molecule has 0 aromatic heterocycles. The second kappa shape index (κ2) is 13.2. The lowest BCUT2D eigenvalue weighted by Gasteiger charge is -2.29. The summed E-state index contributed by atoms with van der Waals surface area (Å²) in [5, 5.41) is 2.99. The summed E-state index contributed by atoms with van der Waals surface area (Å²) in [5.74, 6) is 2.15. The first-order valence-electron chi connectivity index (χ1n) is 13.9. The maximum Gasteiger partial charge on any atom is 0.255 e. The normalized spacial score (nSPS) is 14.1. The van der Waals surface area contributed by atoms with Crippen molar-refractivity contribution in [3.8, 4) is 28.4 Å². The van der Waals surface area contributed by atoms with E-state index in [1.807, 2.05) is 72.8 Å². The first-order chi connectivity index (χ1) is 20.0. The number of anilines is 1. The van der Waals surface area contributed by atoms with Crippen molar-refractivity contribution in [2.45, 2.75) is 18.9 Å². The number of ether oxygens (including phenoxy) is 3. The van der Waals surface area contributed by atoms with Crippen molar-refractivity contribution in [1.29, 1.82) is 0 Å². The van der Waals surface area contributed by atoms with Crippen LogP contribution in [0.25, 0.3) is 23.3 Å². The van der Waals surface area contributed by atoms with Gasteiger partial charge in [0.25, 0.3) is 5.91 Å². The van der Waals surface area contributed by atoms with Gasteiger partial charge in [0.05, 0.1) is 14.2 Å². The van der Waals surface area contributed by atoms with E-state index in [1.54, 1.807) is 20.3 Å². The number of benzene rings is 4. The fraction of sp³-hybridized carbons (Fsp3) is 0.229. The monoisotopic (exact) mass is 548 g/mol. The smallest absolute Gasteiger partial charge is 0.255 e. The van der Waals surface area contributed by atoms with Gasteiger partial charge in [0.2, 0.25) is 0 Å². The van der Waals surface area contributed by atoms with Crippen LogP contribution in [0.1, 0.15) is 34.3 Å². The number of amides is 1. The Morgan fingerprint density at radius 1 is 0.805 bits per heavy atom. The fourth-order valence-electron chi connectivity index (χ4n) is 4.89. The molecule has 1 N–H and O–H groups in total. The molecule has 5 rings (SSSR count). The number of rotatable bonds is 9. The minimum Gasteiger partial charge on any atom is -0.497 e. The quantitative estimate of drug-likeness (QED) is 0.223. The minimum atomic E-state index is -0.192.